The Hall–Kier alpha value is -2.91. The van der Waals surface area contributed by atoms with Gasteiger partial charge in [0, 0.05) is 18.2 Å². The molecule has 4 rings (SSSR count). The van der Waals surface area contributed by atoms with Crippen molar-refractivity contribution in [2.24, 2.45) is 0 Å². The Bertz CT molecular complexity index is 1160. The number of carbonyl (C=O) groups excluding carboxylic acids is 2. The third-order valence-corrected chi connectivity index (χ3v) is 7.67. The molecule has 8 nitrogen and oxygen atoms in total. The van der Waals surface area contributed by atoms with Gasteiger partial charge in [0.05, 0.1) is 4.90 Å². The predicted octanol–water partition coefficient (Wildman–Crippen LogP) is 2.65. The van der Waals surface area contributed by atoms with Crippen LogP contribution in [-0.4, -0.2) is 56.9 Å². The van der Waals surface area contributed by atoms with Crippen molar-refractivity contribution in [3.63, 3.8) is 0 Å². The number of esters is 1. The summed E-state index contributed by atoms with van der Waals surface area (Å²) < 4.78 is 43.7. The molecule has 0 amide bonds. The molecular formula is C23H25NO7S. The molecule has 0 spiro atoms. The van der Waals surface area contributed by atoms with Crippen LogP contribution in [0.1, 0.15) is 34.3 Å². The van der Waals surface area contributed by atoms with Crippen LogP contribution in [0.15, 0.2) is 41.3 Å². The monoisotopic (exact) mass is 459 g/mol. The maximum Gasteiger partial charge on any atom is 0.324 e. The lowest BCUT2D eigenvalue weighted by atomic mass is 10.0. The van der Waals surface area contributed by atoms with E-state index in [1.807, 2.05) is 19.9 Å². The number of rotatable bonds is 6. The van der Waals surface area contributed by atoms with Gasteiger partial charge in [0.15, 0.2) is 23.9 Å². The van der Waals surface area contributed by atoms with Crippen molar-refractivity contribution in [3.8, 4) is 11.5 Å². The Labute approximate surface area is 187 Å². The minimum Gasteiger partial charge on any atom is -0.486 e. The number of benzene rings is 2. The summed E-state index contributed by atoms with van der Waals surface area (Å²) in [7, 11) is -3.96. The lowest BCUT2D eigenvalue weighted by Crippen LogP contribution is -2.41. The van der Waals surface area contributed by atoms with E-state index in [0.29, 0.717) is 43.1 Å². The molecule has 0 saturated carbocycles. The summed E-state index contributed by atoms with van der Waals surface area (Å²) in [5.74, 6) is -0.214. The summed E-state index contributed by atoms with van der Waals surface area (Å²) in [6.45, 7) is 4.35. The first-order chi connectivity index (χ1) is 15.3. The van der Waals surface area contributed by atoms with Crippen LogP contribution >= 0.6 is 0 Å². The third kappa shape index (κ3) is 4.35. The third-order valence-electron chi connectivity index (χ3n) is 5.77. The summed E-state index contributed by atoms with van der Waals surface area (Å²) in [5.41, 5.74) is 2.48. The van der Waals surface area contributed by atoms with Gasteiger partial charge in [0.1, 0.15) is 19.3 Å². The van der Waals surface area contributed by atoms with Gasteiger partial charge in [0.25, 0.3) is 0 Å². The van der Waals surface area contributed by atoms with Gasteiger partial charge < -0.3 is 14.2 Å². The van der Waals surface area contributed by atoms with Crippen molar-refractivity contribution < 1.29 is 32.2 Å². The fourth-order valence-corrected chi connectivity index (χ4v) is 5.48. The number of carbonyl (C=O) groups is 2. The quantitative estimate of drug-likeness (QED) is 0.484. The molecule has 0 radical (unpaired) electrons. The van der Waals surface area contributed by atoms with E-state index in [0.717, 1.165) is 15.4 Å². The lowest BCUT2D eigenvalue weighted by molar-refractivity contribution is -0.146. The van der Waals surface area contributed by atoms with Crippen LogP contribution in [0.25, 0.3) is 0 Å². The van der Waals surface area contributed by atoms with Gasteiger partial charge in [-0.25, -0.2) is 8.42 Å². The van der Waals surface area contributed by atoms with Crippen LogP contribution in [0.2, 0.25) is 0 Å². The molecule has 32 heavy (non-hydrogen) atoms. The van der Waals surface area contributed by atoms with Crippen LogP contribution in [0, 0.1) is 13.8 Å². The maximum atomic E-state index is 13.2. The largest absolute Gasteiger partial charge is 0.486 e. The van der Waals surface area contributed by atoms with Crippen LogP contribution < -0.4 is 9.47 Å². The van der Waals surface area contributed by atoms with E-state index < -0.39 is 28.6 Å². The summed E-state index contributed by atoms with van der Waals surface area (Å²) in [6.07, 6.45) is 0.856. The minimum absolute atomic E-state index is 0.0210. The molecular weight excluding hydrogens is 434 g/mol. The van der Waals surface area contributed by atoms with E-state index in [9.17, 15) is 18.0 Å². The smallest absolute Gasteiger partial charge is 0.324 e. The Kier molecular flexibility index (Phi) is 6.21. The van der Waals surface area contributed by atoms with Crippen molar-refractivity contribution in [1.82, 2.24) is 4.31 Å². The molecule has 1 fully saturated rings. The SMILES string of the molecule is Cc1ccc(C(=O)COC(=O)[C@@H]2CCCN2S(=O)(=O)c2ccc3c(c2)OCCO3)cc1C. The van der Waals surface area contributed by atoms with Crippen molar-refractivity contribution in [3.05, 3.63) is 53.1 Å². The van der Waals surface area contributed by atoms with Crippen LogP contribution in [0.4, 0.5) is 0 Å². The minimum atomic E-state index is -3.96. The first-order valence-corrected chi connectivity index (χ1v) is 11.9. The Morgan fingerprint density at radius 1 is 1.03 bits per heavy atom. The molecule has 2 aliphatic heterocycles. The second-order valence-electron chi connectivity index (χ2n) is 7.91. The fourth-order valence-electron chi connectivity index (χ4n) is 3.81. The zero-order valence-corrected chi connectivity index (χ0v) is 18.8. The molecule has 0 unspecified atom stereocenters. The zero-order chi connectivity index (χ0) is 22.9. The number of hydrogen-bond donors (Lipinski definition) is 0. The van der Waals surface area contributed by atoms with Crippen molar-refractivity contribution >= 4 is 21.8 Å². The number of aryl methyl sites for hydroxylation is 2. The highest BCUT2D eigenvalue weighted by molar-refractivity contribution is 7.89. The average Bonchev–Trinajstić information content (AvgIpc) is 3.30. The zero-order valence-electron chi connectivity index (χ0n) is 18.0. The number of nitrogens with zero attached hydrogens (tertiary/aromatic N) is 1. The highest BCUT2D eigenvalue weighted by atomic mass is 32.2. The number of sulfonamides is 1. The lowest BCUT2D eigenvalue weighted by Gasteiger charge is -2.24. The number of ether oxygens (including phenoxy) is 3. The van der Waals surface area contributed by atoms with Crippen LogP contribution in [0.5, 0.6) is 11.5 Å². The normalized spacial score (nSPS) is 18.4. The van der Waals surface area contributed by atoms with E-state index in [4.69, 9.17) is 14.2 Å². The van der Waals surface area contributed by atoms with E-state index in [-0.39, 0.29) is 17.2 Å². The van der Waals surface area contributed by atoms with Gasteiger partial charge in [0.2, 0.25) is 10.0 Å². The molecule has 1 saturated heterocycles. The van der Waals surface area contributed by atoms with Gasteiger partial charge in [-0.3, -0.25) is 9.59 Å². The molecule has 9 heteroatoms. The molecule has 0 aliphatic carbocycles. The van der Waals surface area contributed by atoms with Crippen molar-refractivity contribution in [1.29, 1.82) is 0 Å². The average molecular weight is 460 g/mol. The summed E-state index contributed by atoms with van der Waals surface area (Å²) >= 11 is 0. The summed E-state index contributed by atoms with van der Waals surface area (Å²) in [5, 5.41) is 0. The molecule has 0 bridgehead atoms. The second kappa shape index (κ2) is 8.91. The Morgan fingerprint density at radius 3 is 2.53 bits per heavy atom. The number of hydrogen-bond acceptors (Lipinski definition) is 7. The van der Waals surface area contributed by atoms with E-state index in [1.54, 1.807) is 18.2 Å². The Morgan fingerprint density at radius 2 is 1.78 bits per heavy atom. The maximum absolute atomic E-state index is 13.2. The number of Topliss-reactive ketones (excluding diaryl/α,β-unsaturated/α-hetero) is 1. The molecule has 2 aromatic carbocycles. The van der Waals surface area contributed by atoms with Gasteiger partial charge in [-0.2, -0.15) is 4.31 Å². The molecule has 1 atom stereocenters. The summed E-state index contributed by atoms with van der Waals surface area (Å²) in [4.78, 5) is 25.1. The van der Waals surface area contributed by atoms with Gasteiger partial charge in [-0.05, 0) is 56.0 Å². The first kappa shape index (κ1) is 22.3. The van der Waals surface area contributed by atoms with Gasteiger partial charge in [-0.15, -0.1) is 0 Å². The summed E-state index contributed by atoms with van der Waals surface area (Å²) in [6, 6.07) is 8.70. The first-order valence-electron chi connectivity index (χ1n) is 10.5. The molecule has 2 heterocycles. The van der Waals surface area contributed by atoms with E-state index in [1.165, 1.54) is 12.1 Å². The Balaban J connectivity index is 1.46. The molecule has 2 aromatic rings. The second-order valence-corrected chi connectivity index (χ2v) is 9.80. The molecule has 2 aliphatic rings. The number of ketones is 1. The van der Waals surface area contributed by atoms with Crippen LogP contribution in [0.3, 0.4) is 0 Å². The molecule has 0 N–H and O–H groups in total. The van der Waals surface area contributed by atoms with E-state index in [2.05, 4.69) is 0 Å². The topological polar surface area (TPSA) is 99.2 Å². The fraction of sp³-hybridized carbons (Fsp3) is 0.391. The van der Waals surface area contributed by atoms with Crippen molar-refractivity contribution in [2.45, 2.75) is 37.6 Å². The van der Waals surface area contributed by atoms with Gasteiger partial charge >= 0.3 is 5.97 Å². The highest BCUT2D eigenvalue weighted by Gasteiger charge is 2.41. The highest BCUT2D eigenvalue weighted by Crippen LogP contribution is 2.35. The molecule has 170 valence electrons. The van der Waals surface area contributed by atoms with Gasteiger partial charge in [-0.1, -0.05) is 12.1 Å². The van der Waals surface area contributed by atoms with Crippen LogP contribution in [-0.2, 0) is 19.6 Å². The van der Waals surface area contributed by atoms with E-state index >= 15 is 0 Å². The molecule has 0 aromatic heterocycles. The number of fused-ring (bicyclic) bond motifs is 1. The van der Waals surface area contributed by atoms with Crippen molar-refractivity contribution in [2.75, 3.05) is 26.4 Å². The standard InChI is InChI=1S/C23H25NO7S/c1-15-5-6-17(12-16(15)2)20(25)14-31-23(26)19-4-3-9-24(19)32(27,28)18-7-8-21-22(13-18)30-11-10-29-21/h5-8,12-13,19H,3-4,9-11,14H2,1-2H3/t19-/m0/s1. The predicted molar refractivity (Wildman–Crippen MR) is 116 cm³/mol.